The molecule has 0 saturated carbocycles. The van der Waals surface area contributed by atoms with Gasteiger partial charge in [-0.3, -0.25) is 0 Å². The van der Waals surface area contributed by atoms with E-state index >= 15 is 0 Å². The van der Waals surface area contributed by atoms with Crippen LogP contribution in [0.5, 0.6) is 11.5 Å². The van der Waals surface area contributed by atoms with Gasteiger partial charge in [-0.15, -0.1) is 0 Å². The highest BCUT2D eigenvalue weighted by Gasteiger charge is 2.19. The molecule has 0 spiro atoms. The SMILES string of the molecule is CCC1CC=C(c2ccc(-c3ccc(OC)c(F)c3F)cc2)CC1.CCOc1ccc(-c2ccc(C3=CCC(CC)CC3)cc2)c(F)c1F. The van der Waals surface area contributed by atoms with Crippen molar-refractivity contribution in [3.05, 3.63) is 119 Å². The number of benzene rings is 4. The fraction of sp³-hybridized carbons (Fsp3) is 0.349. The third-order valence-electron chi connectivity index (χ3n) is 9.94. The van der Waals surface area contributed by atoms with Crippen LogP contribution in [0.25, 0.3) is 33.4 Å². The molecule has 0 radical (unpaired) electrons. The summed E-state index contributed by atoms with van der Waals surface area (Å²) in [7, 11) is 1.33. The van der Waals surface area contributed by atoms with Gasteiger partial charge in [0.05, 0.1) is 13.7 Å². The number of ether oxygens (including phenoxy) is 2. The van der Waals surface area contributed by atoms with Crippen molar-refractivity contribution in [3.8, 4) is 33.8 Å². The second-order valence-electron chi connectivity index (χ2n) is 12.8. The van der Waals surface area contributed by atoms with Gasteiger partial charge in [0.2, 0.25) is 11.6 Å². The minimum atomic E-state index is -0.945. The summed E-state index contributed by atoms with van der Waals surface area (Å²) < 4.78 is 66.4. The Bertz CT molecular complexity index is 1770. The molecule has 0 fully saturated rings. The summed E-state index contributed by atoms with van der Waals surface area (Å²) in [5.41, 5.74) is 6.90. The molecule has 6 heteroatoms. The second-order valence-corrected chi connectivity index (χ2v) is 12.8. The maximum atomic E-state index is 14.3. The molecule has 2 atom stereocenters. The molecule has 2 aliphatic rings. The van der Waals surface area contributed by atoms with Gasteiger partial charge in [0.15, 0.2) is 23.1 Å². The fourth-order valence-corrected chi connectivity index (χ4v) is 6.70. The zero-order valence-electron chi connectivity index (χ0n) is 28.9. The van der Waals surface area contributed by atoms with Gasteiger partial charge in [0.25, 0.3) is 0 Å². The summed E-state index contributed by atoms with van der Waals surface area (Å²) in [6.07, 6.45) is 14.0. The first-order valence-electron chi connectivity index (χ1n) is 17.5. The quantitative estimate of drug-likeness (QED) is 0.165. The highest BCUT2D eigenvalue weighted by Crippen LogP contribution is 2.36. The standard InChI is InChI=1S/C22H24F2O.C21H22F2O/c1-3-15-5-7-16(8-6-15)17-9-11-18(12-10-17)19-13-14-20(25-4-2)22(24)21(19)23;1-3-14-4-6-15(7-5-14)16-8-10-17(11-9-16)18-12-13-19(24-2)21(23)20(18)22/h7,9-15H,3-6,8H2,1-2H3;6,8-14H,3-5,7H2,1-2H3. The van der Waals surface area contributed by atoms with E-state index < -0.39 is 23.3 Å². The molecule has 49 heavy (non-hydrogen) atoms. The Morgan fingerprint density at radius 3 is 1.31 bits per heavy atom. The molecule has 258 valence electrons. The van der Waals surface area contributed by atoms with Gasteiger partial charge >= 0.3 is 0 Å². The molecule has 0 aromatic heterocycles. The summed E-state index contributed by atoms with van der Waals surface area (Å²) in [6.45, 7) is 6.52. The number of methoxy groups -OCH3 is 1. The summed E-state index contributed by atoms with van der Waals surface area (Å²) in [5, 5.41) is 0. The molecule has 6 rings (SSSR count). The molecule has 0 heterocycles. The average molecular weight is 671 g/mol. The molecule has 2 unspecified atom stereocenters. The maximum absolute atomic E-state index is 14.3. The third-order valence-corrected chi connectivity index (χ3v) is 9.94. The fourth-order valence-electron chi connectivity index (χ4n) is 6.70. The summed E-state index contributed by atoms with van der Waals surface area (Å²) in [4.78, 5) is 0. The first-order chi connectivity index (χ1) is 23.8. The lowest BCUT2D eigenvalue weighted by Crippen LogP contribution is -2.03. The number of hydrogen-bond acceptors (Lipinski definition) is 2. The Balaban J connectivity index is 0.000000191. The second kappa shape index (κ2) is 16.9. The van der Waals surface area contributed by atoms with Crippen molar-refractivity contribution in [3.63, 3.8) is 0 Å². The van der Waals surface area contributed by atoms with Crippen LogP contribution >= 0.6 is 0 Å². The van der Waals surface area contributed by atoms with E-state index in [0.717, 1.165) is 37.5 Å². The van der Waals surface area contributed by atoms with Gasteiger partial charge in [0, 0.05) is 11.1 Å². The van der Waals surface area contributed by atoms with E-state index in [1.165, 1.54) is 67.2 Å². The van der Waals surface area contributed by atoms with Gasteiger partial charge in [-0.2, -0.15) is 8.78 Å². The summed E-state index contributed by atoms with van der Waals surface area (Å²) >= 11 is 0. The maximum Gasteiger partial charge on any atom is 0.201 e. The molecule has 4 aromatic rings. The monoisotopic (exact) mass is 670 g/mol. The highest BCUT2D eigenvalue weighted by atomic mass is 19.2. The van der Waals surface area contributed by atoms with E-state index in [9.17, 15) is 17.6 Å². The van der Waals surface area contributed by atoms with Crippen molar-refractivity contribution in [2.24, 2.45) is 11.8 Å². The van der Waals surface area contributed by atoms with E-state index in [1.54, 1.807) is 19.1 Å². The lowest BCUT2D eigenvalue weighted by atomic mass is 9.85. The molecule has 0 N–H and O–H groups in total. The Morgan fingerprint density at radius 2 is 0.939 bits per heavy atom. The van der Waals surface area contributed by atoms with Crippen LogP contribution in [0.4, 0.5) is 17.6 Å². The van der Waals surface area contributed by atoms with Gasteiger partial charge < -0.3 is 9.47 Å². The molecular weight excluding hydrogens is 624 g/mol. The van der Waals surface area contributed by atoms with Crippen molar-refractivity contribution in [2.75, 3.05) is 13.7 Å². The van der Waals surface area contributed by atoms with E-state index in [4.69, 9.17) is 9.47 Å². The number of halogens is 4. The molecule has 2 aliphatic carbocycles. The molecule has 0 bridgehead atoms. The van der Waals surface area contributed by atoms with Crippen molar-refractivity contribution < 1.29 is 27.0 Å². The van der Waals surface area contributed by atoms with Crippen LogP contribution in [0.15, 0.2) is 84.9 Å². The predicted molar refractivity (Wildman–Crippen MR) is 193 cm³/mol. The van der Waals surface area contributed by atoms with Gasteiger partial charge in [-0.25, -0.2) is 8.78 Å². The lowest BCUT2D eigenvalue weighted by Gasteiger charge is -2.21. The van der Waals surface area contributed by atoms with Crippen LogP contribution in [0.1, 0.15) is 83.3 Å². The topological polar surface area (TPSA) is 18.5 Å². The number of hydrogen-bond donors (Lipinski definition) is 0. The normalized spacial score (nSPS) is 17.4. The summed E-state index contributed by atoms with van der Waals surface area (Å²) in [5.74, 6) is -2.13. The molecule has 0 amide bonds. The van der Waals surface area contributed by atoms with Crippen LogP contribution in [0, 0.1) is 35.1 Å². The van der Waals surface area contributed by atoms with E-state index in [-0.39, 0.29) is 22.6 Å². The van der Waals surface area contributed by atoms with Crippen LogP contribution in [0.3, 0.4) is 0 Å². The van der Waals surface area contributed by atoms with Crippen LogP contribution in [-0.2, 0) is 0 Å². The molecular formula is C43H46F4O2. The Morgan fingerprint density at radius 1 is 0.531 bits per heavy atom. The lowest BCUT2D eigenvalue weighted by molar-refractivity contribution is 0.314. The zero-order valence-corrected chi connectivity index (χ0v) is 28.9. The van der Waals surface area contributed by atoms with Crippen molar-refractivity contribution in [1.29, 1.82) is 0 Å². The largest absolute Gasteiger partial charge is 0.494 e. The Labute approximate surface area is 288 Å². The molecule has 0 saturated heterocycles. The number of allylic oxidation sites excluding steroid dienone is 4. The minimum Gasteiger partial charge on any atom is -0.494 e. The third kappa shape index (κ3) is 8.46. The predicted octanol–water partition coefficient (Wildman–Crippen LogP) is 12.9. The summed E-state index contributed by atoms with van der Waals surface area (Å²) in [6, 6.07) is 21.5. The van der Waals surface area contributed by atoms with Crippen molar-refractivity contribution in [1.82, 2.24) is 0 Å². The Kier molecular flexibility index (Phi) is 12.4. The average Bonchev–Trinajstić information content (AvgIpc) is 3.15. The van der Waals surface area contributed by atoms with Crippen LogP contribution in [-0.4, -0.2) is 13.7 Å². The van der Waals surface area contributed by atoms with Gasteiger partial charge in [0.1, 0.15) is 0 Å². The first kappa shape index (κ1) is 36.0. The first-order valence-corrected chi connectivity index (χ1v) is 17.5. The van der Waals surface area contributed by atoms with Crippen molar-refractivity contribution >= 4 is 11.1 Å². The van der Waals surface area contributed by atoms with Crippen LogP contribution in [0.2, 0.25) is 0 Å². The Hall–Kier alpha value is -4.32. The molecule has 2 nitrogen and oxygen atoms in total. The smallest absolute Gasteiger partial charge is 0.201 e. The van der Waals surface area contributed by atoms with E-state index in [1.807, 2.05) is 48.5 Å². The molecule has 0 aliphatic heterocycles. The molecule has 4 aromatic carbocycles. The van der Waals surface area contributed by atoms with Crippen molar-refractivity contribution in [2.45, 2.75) is 72.1 Å². The van der Waals surface area contributed by atoms with E-state index in [0.29, 0.717) is 17.7 Å². The van der Waals surface area contributed by atoms with Crippen LogP contribution < -0.4 is 9.47 Å². The zero-order chi connectivity index (χ0) is 34.9. The van der Waals surface area contributed by atoms with Gasteiger partial charge in [-0.05, 0) is 115 Å². The number of rotatable bonds is 9. The van der Waals surface area contributed by atoms with Gasteiger partial charge in [-0.1, -0.05) is 87.4 Å². The highest BCUT2D eigenvalue weighted by molar-refractivity contribution is 5.73. The minimum absolute atomic E-state index is 0.0433. The van der Waals surface area contributed by atoms with E-state index in [2.05, 4.69) is 26.0 Å².